The topological polar surface area (TPSA) is 133 Å². The van der Waals surface area contributed by atoms with Crippen molar-refractivity contribution >= 4 is 40.8 Å². The number of imide groups is 1. The lowest BCUT2D eigenvalue weighted by atomic mass is 10.1. The Kier molecular flexibility index (Phi) is 4.49. The SMILES string of the molecule is COCC(=O)Nc1ccc(-n2c(N)c3c(cc2=O)C(=O)NC3=O)cc1Cl. The van der Waals surface area contributed by atoms with Crippen molar-refractivity contribution in [3.63, 3.8) is 0 Å². The molecule has 0 spiro atoms. The van der Waals surface area contributed by atoms with Crippen molar-refractivity contribution in [2.24, 2.45) is 0 Å². The number of carbonyl (C=O) groups excluding carboxylic acids is 3. The first kappa shape index (κ1) is 17.6. The largest absolute Gasteiger partial charge is 0.384 e. The molecule has 3 amide bonds. The standard InChI is InChI=1S/C16H13ClN4O5/c1-26-6-11(22)19-10-3-2-7(4-9(10)17)21-12(23)5-8-13(14(21)18)16(25)20-15(8)24/h2-5H,6,18H2,1H3,(H,19,22)(H,20,24,25). The first-order chi connectivity index (χ1) is 12.3. The Morgan fingerprint density at radius 3 is 2.65 bits per heavy atom. The van der Waals surface area contributed by atoms with Crippen LogP contribution >= 0.6 is 11.6 Å². The summed E-state index contributed by atoms with van der Waals surface area (Å²) in [6, 6.07) is 5.42. The molecule has 1 aromatic heterocycles. The molecule has 2 aromatic rings. The average Bonchev–Trinajstić information content (AvgIpc) is 2.84. The van der Waals surface area contributed by atoms with E-state index in [-0.39, 0.29) is 34.3 Å². The third-order valence-corrected chi connectivity index (χ3v) is 4.03. The third kappa shape index (κ3) is 2.93. The minimum atomic E-state index is -0.675. The number of benzene rings is 1. The molecule has 0 saturated heterocycles. The second-order valence-electron chi connectivity index (χ2n) is 5.42. The summed E-state index contributed by atoms with van der Waals surface area (Å²) in [5.74, 6) is -1.92. The van der Waals surface area contributed by atoms with Crippen molar-refractivity contribution in [3.05, 3.63) is 50.8 Å². The number of nitrogens with zero attached hydrogens (tertiary/aromatic N) is 1. The van der Waals surface area contributed by atoms with Crippen molar-refractivity contribution in [2.75, 3.05) is 24.8 Å². The molecule has 0 aliphatic carbocycles. The Morgan fingerprint density at radius 1 is 1.27 bits per heavy atom. The highest BCUT2D eigenvalue weighted by atomic mass is 35.5. The Hall–Kier alpha value is -3.17. The normalized spacial score (nSPS) is 12.7. The highest BCUT2D eigenvalue weighted by Gasteiger charge is 2.31. The zero-order chi connectivity index (χ0) is 19.0. The molecule has 10 heteroatoms. The van der Waals surface area contributed by atoms with E-state index in [0.29, 0.717) is 5.69 Å². The van der Waals surface area contributed by atoms with E-state index in [1.54, 1.807) is 0 Å². The number of nitrogens with two attached hydrogens (primary N) is 1. The van der Waals surface area contributed by atoms with Crippen molar-refractivity contribution in [1.29, 1.82) is 0 Å². The smallest absolute Gasteiger partial charge is 0.262 e. The van der Waals surface area contributed by atoms with E-state index in [1.807, 2.05) is 0 Å². The maximum absolute atomic E-state index is 12.4. The number of pyridine rings is 1. The number of aromatic nitrogens is 1. The summed E-state index contributed by atoms with van der Waals surface area (Å²) in [5, 5.41) is 4.79. The fraction of sp³-hybridized carbons (Fsp3) is 0.125. The van der Waals surface area contributed by atoms with Gasteiger partial charge in [0.1, 0.15) is 12.4 Å². The van der Waals surface area contributed by atoms with Crippen molar-refractivity contribution < 1.29 is 19.1 Å². The zero-order valence-corrected chi connectivity index (χ0v) is 14.2. The van der Waals surface area contributed by atoms with E-state index in [4.69, 9.17) is 22.1 Å². The average molecular weight is 377 g/mol. The fourth-order valence-electron chi connectivity index (χ4n) is 2.61. The molecule has 9 nitrogen and oxygen atoms in total. The Balaban J connectivity index is 2.06. The van der Waals surface area contributed by atoms with Crippen molar-refractivity contribution in [3.8, 4) is 5.69 Å². The maximum atomic E-state index is 12.4. The van der Waals surface area contributed by atoms with Gasteiger partial charge in [0, 0.05) is 13.2 Å². The van der Waals surface area contributed by atoms with Crippen LogP contribution in [0.25, 0.3) is 5.69 Å². The molecule has 0 saturated carbocycles. The van der Waals surface area contributed by atoms with E-state index < -0.39 is 23.3 Å². The van der Waals surface area contributed by atoms with E-state index in [0.717, 1.165) is 10.6 Å². The summed E-state index contributed by atoms with van der Waals surface area (Å²) in [4.78, 5) is 47.5. The van der Waals surface area contributed by atoms with Gasteiger partial charge < -0.3 is 15.8 Å². The van der Waals surface area contributed by atoms with Crippen LogP contribution in [-0.4, -0.2) is 36.0 Å². The molecule has 1 aliphatic rings. The Labute approximate surface area is 151 Å². The predicted molar refractivity (Wildman–Crippen MR) is 93.8 cm³/mol. The van der Waals surface area contributed by atoms with Crippen molar-refractivity contribution in [2.45, 2.75) is 0 Å². The van der Waals surface area contributed by atoms with Crippen LogP contribution in [0.4, 0.5) is 11.5 Å². The van der Waals surface area contributed by atoms with Gasteiger partial charge in [-0.3, -0.25) is 29.1 Å². The number of methoxy groups -OCH3 is 1. The monoisotopic (exact) mass is 376 g/mol. The van der Waals surface area contributed by atoms with Crippen LogP contribution in [0.15, 0.2) is 29.1 Å². The number of ether oxygens (including phenoxy) is 1. The second-order valence-corrected chi connectivity index (χ2v) is 5.83. The summed E-state index contributed by atoms with van der Waals surface area (Å²) in [6.07, 6.45) is 0. The molecule has 3 rings (SSSR count). The number of hydrogen-bond acceptors (Lipinski definition) is 6. The number of fused-ring (bicyclic) bond motifs is 1. The van der Waals surface area contributed by atoms with Crippen LogP contribution in [0.1, 0.15) is 20.7 Å². The number of anilines is 2. The van der Waals surface area contributed by atoms with E-state index >= 15 is 0 Å². The Bertz CT molecular complexity index is 1010. The lowest BCUT2D eigenvalue weighted by Gasteiger charge is -2.14. The molecule has 4 N–H and O–H groups in total. The summed E-state index contributed by atoms with van der Waals surface area (Å²) in [6.45, 7) is -0.140. The van der Waals surface area contributed by atoms with E-state index in [9.17, 15) is 19.2 Å². The van der Waals surface area contributed by atoms with Gasteiger partial charge in [0.15, 0.2) is 0 Å². The molecule has 2 heterocycles. The van der Waals surface area contributed by atoms with Gasteiger partial charge >= 0.3 is 0 Å². The third-order valence-electron chi connectivity index (χ3n) is 3.71. The van der Waals surface area contributed by atoms with Crippen LogP contribution in [0.3, 0.4) is 0 Å². The lowest BCUT2D eigenvalue weighted by molar-refractivity contribution is -0.119. The first-order valence-corrected chi connectivity index (χ1v) is 7.71. The minimum absolute atomic E-state index is 0.0664. The molecule has 1 aliphatic heterocycles. The maximum Gasteiger partial charge on any atom is 0.262 e. The number of carbonyl (C=O) groups is 3. The molecule has 0 fully saturated rings. The van der Waals surface area contributed by atoms with E-state index in [2.05, 4.69) is 10.6 Å². The summed E-state index contributed by atoms with van der Waals surface area (Å²) in [7, 11) is 1.38. The number of halogens is 1. The Morgan fingerprint density at radius 2 is 2.00 bits per heavy atom. The second kappa shape index (κ2) is 6.62. The highest BCUT2D eigenvalue weighted by Crippen LogP contribution is 2.27. The van der Waals surface area contributed by atoms with Crippen LogP contribution < -0.4 is 21.9 Å². The van der Waals surface area contributed by atoms with Gasteiger partial charge in [0.05, 0.1) is 27.5 Å². The lowest BCUT2D eigenvalue weighted by Crippen LogP contribution is -2.24. The molecule has 0 unspecified atom stereocenters. The number of nitrogens with one attached hydrogen (secondary N) is 2. The minimum Gasteiger partial charge on any atom is -0.384 e. The van der Waals surface area contributed by atoms with Gasteiger partial charge in [0.2, 0.25) is 5.91 Å². The van der Waals surface area contributed by atoms with Crippen LogP contribution in [-0.2, 0) is 9.53 Å². The highest BCUT2D eigenvalue weighted by molar-refractivity contribution is 6.34. The van der Waals surface area contributed by atoms with Crippen LogP contribution in [0, 0.1) is 0 Å². The van der Waals surface area contributed by atoms with Gasteiger partial charge in [-0.1, -0.05) is 11.6 Å². The van der Waals surface area contributed by atoms with E-state index in [1.165, 1.54) is 25.3 Å². The quantitative estimate of drug-likeness (QED) is 0.667. The van der Waals surface area contributed by atoms with Gasteiger partial charge in [-0.05, 0) is 18.2 Å². The van der Waals surface area contributed by atoms with Crippen molar-refractivity contribution in [1.82, 2.24) is 9.88 Å². The molecule has 1 aromatic carbocycles. The first-order valence-electron chi connectivity index (χ1n) is 7.33. The fourth-order valence-corrected chi connectivity index (χ4v) is 2.83. The molecule has 134 valence electrons. The number of hydrogen-bond donors (Lipinski definition) is 3. The molecule has 0 radical (unpaired) electrons. The number of rotatable bonds is 4. The molecule has 26 heavy (non-hydrogen) atoms. The van der Waals surface area contributed by atoms with Crippen LogP contribution in [0.2, 0.25) is 5.02 Å². The van der Waals surface area contributed by atoms with Gasteiger partial charge in [-0.25, -0.2) is 0 Å². The van der Waals surface area contributed by atoms with Gasteiger partial charge in [-0.2, -0.15) is 0 Å². The predicted octanol–water partition coefficient (Wildman–Crippen LogP) is 0.542. The van der Waals surface area contributed by atoms with Gasteiger partial charge in [0.25, 0.3) is 17.4 Å². The summed E-state index contributed by atoms with van der Waals surface area (Å²) >= 11 is 6.15. The molecular weight excluding hydrogens is 364 g/mol. The molecular formula is C16H13ClN4O5. The van der Waals surface area contributed by atoms with Gasteiger partial charge in [-0.15, -0.1) is 0 Å². The summed E-state index contributed by atoms with van der Waals surface area (Å²) < 4.78 is 5.78. The number of nitrogen functional groups attached to an aromatic ring is 1. The molecule has 0 atom stereocenters. The summed E-state index contributed by atoms with van der Waals surface area (Å²) in [5.41, 5.74) is 5.81. The van der Waals surface area contributed by atoms with Crippen LogP contribution in [0.5, 0.6) is 0 Å². The zero-order valence-electron chi connectivity index (χ0n) is 13.5. The molecule has 0 bridgehead atoms. The number of amides is 3.